The highest BCUT2D eigenvalue weighted by Crippen LogP contribution is 2.30. The van der Waals surface area contributed by atoms with Crippen LogP contribution in [0.2, 0.25) is 0 Å². The molecular weight excluding hydrogens is 468 g/mol. The van der Waals surface area contributed by atoms with E-state index >= 15 is 0 Å². The molecule has 9 nitrogen and oxygen atoms in total. The number of alkyl halides is 2. The fraction of sp³-hybridized carbons (Fsp3) is 0.364. The number of aryl methyl sites for hydroxylation is 2. The van der Waals surface area contributed by atoms with Crippen LogP contribution in [0.4, 0.5) is 8.78 Å². The van der Waals surface area contributed by atoms with Gasteiger partial charge in [0.25, 0.3) is 11.5 Å². The molecule has 0 radical (unpaired) electrons. The van der Waals surface area contributed by atoms with Crippen molar-refractivity contribution in [3.8, 4) is 11.8 Å². The maximum atomic E-state index is 13.6. The number of aromatic nitrogens is 5. The molecule has 4 aromatic rings. The second-order valence-electron chi connectivity index (χ2n) is 7.91. The van der Waals surface area contributed by atoms with Crippen molar-refractivity contribution in [2.45, 2.75) is 39.3 Å². The summed E-state index contributed by atoms with van der Waals surface area (Å²) in [6, 6.07) is 5.31. The molecular formula is C22H23F2N5O4S. The van der Waals surface area contributed by atoms with Gasteiger partial charge in [-0.15, -0.1) is 11.3 Å². The van der Waals surface area contributed by atoms with E-state index in [9.17, 15) is 18.4 Å². The molecule has 180 valence electrons. The van der Waals surface area contributed by atoms with Crippen molar-refractivity contribution < 1.29 is 18.6 Å². The standard InChI is InChI=1S/C22H23F2N5O4S/c1-13-11-25-16(34-13)12-29-17-18(27(3)21(32)28(19(17)31)9-4-10-30)26-20(29)33-15-7-5-14(6-8-15)22(2,23)24/h5-8,11,30H,4,9-10,12H2,1-3H3. The van der Waals surface area contributed by atoms with Gasteiger partial charge in [0.05, 0.1) is 6.54 Å². The highest BCUT2D eigenvalue weighted by molar-refractivity contribution is 7.11. The van der Waals surface area contributed by atoms with Gasteiger partial charge in [-0.1, -0.05) is 0 Å². The van der Waals surface area contributed by atoms with Gasteiger partial charge in [-0.05, 0) is 37.6 Å². The van der Waals surface area contributed by atoms with Crippen LogP contribution in [0, 0.1) is 6.92 Å². The van der Waals surface area contributed by atoms with Crippen LogP contribution >= 0.6 is 11.3 Å². The monoisotopic (exact) mass is 491 g/mol. The van der Waals surface area contributed by atoms with Gasteiger partial charge >= 0.3 is 11.7 Å². The lowest BCUT2D eigenvalue weighted by Gasteiger charge is -2.12. The van der Waals surface area contributed by atoms with Crippen LogP contribution in [-0.2, 0) is 26.1 Å². The molecule has 34 heavy (non-hydrogen) atoms. The summed E-state index contributed by atoms with van der Waals surface area (Å²) < 4.78 is 36.8. The summed E-state index contributed by atoms with van der Waals surface area (Å²) in [4.78, 5) is 35.8. The van der Waals surface area contributed by atoms with Crippen molar-refractivity contribution in [1.82, 2.24) is 23.7 Å². The molecule has 0 amide bonds. The molecule has 1 aromatic carbocycles. The summed E-state index contributed by atoms with van der Waals surface area (Å²) in [5.41, 5.74) is -1.04. The minimum Gasteiger partial charge on any atom is -0.425 e. The molecule has 4 rings (SSSR count). The van der Waals surface area contributed by atoms with Crippen LogP contribution in [-0.4, -0.2) is 35.4 Å². The summed E-state index contributed by atoms with van der Waals surface area (Å²) in [5, 5.41) is 9.86. The van der Waals surface area contributed by atoms with Gasteiger partial charge in [0.15, 0.2) is 11.2 Å². The Balaban J connectivity index is 1.87. The molecule has 0 atom stereocenters. The number of fused-ring (bicyclic) bond motifs is 1. The predicted molar refractivity (Wildman–Crippen MR) is 123 cm³/mol. The van der Waals surface area contributed by atoms with Crippen molar-refractivity contribution in [2.24, 2.45) is 7.05 Å². The van der Waals surface area contributed by atoms with Crippen molar-refractivity contribution >= 4 is 22.5 Å². The molecule has 0 unspecified atom stereocenters. The van der Waals surface area contributed by atoms with Gasteiger partial charge in [0, 0.05) is 43.8 Å². The summed E-state index contributed by atoms with van der Waals surface area (Å²) >= 11 is 1.44. The lowest BCUT2D eigenvalue weighted by Crippen LogP contribution is -2.39. The van der Waals surface area contributed by atoms with Crippen LogP contribution in [0.3, 0.4) is 0 Å². The topological polar surface area (TPSA) is 104 Å². The molecule has 0 aliphatic heterocycles. The number of aliphatic hydroxyl groups is 1. The Labute approximate surface area is 196 Å². The molecule has 0 fully saturated rings. The number of thiazole rings is 1. The third-order valence-corrected chi connectivity index (χ3v) is 6.17. The van der Waals surface area contributed by atoms with Crippen molar-refractivity contribution in [3.63, 3.8) is 0 Å². The largest absolute Gasteiger partial charge is 0.425 e. The van der Waals surface area contributed by atoms with E-state index in [4.69, 9.17) is 9.84 Å². The van der Waals surface area contributed by atoms with Crippen molar-refractivity contribution in [3.05, 3.63) is 66.7 Å². The Bertz CT molecular complexity index is 1450. The zero-order valence-corrected chi connectivity index (χ0v) is 19.6. The smallest absolute Gasteiger partial charge is 0.332 e. The summed E-state index contributed by atoms with van der Waals surface area (Å²) in [7, 11) is 1.49. The first kappa shape index (κ1) is 23.8. The van der Waals surface area contributed by atoms with Crippen LogP contribution in [0.5, 0.6) is 11.8 Å². The minimum atomic E-state index is -2.99. The molecule has 3 aromatic heterocycles. The van der Waals surface area contributed by atoms with E-state index in [-0.39, 0.29) is 54.6 Å². The minimum absolute atomic E-state index is 0.0193. The fourth-order valence-electron chi connectivity index (χ4n) is 3.53. The fourth-order valence-corrected chi connectivity index (χ4v) is 4.31. The van der Waals surface area contributed by atoms with E-state index in [0.717, 1.165) is 16.4 Å². The number of hydrogen-bond acceptors (Lipinski definition) is 7. The Morgan fingerprint density at radius 2 is 1.88 bits per heavy atom. The molecule has 1 N–H and O–H groups in total. The average Bonchev–Trinajstić information content (AvgIpc) is 3.36. The van der Waals surface area contributed by atoms with Crippen LogP contribution in [0.25, 0.3) is 11.2 Å². The van der Waals surface area contributed by atoms with Gasteiger partial charge < -0.3 is 9.84 Å². The highest BCUT2D eigenvalue weighted by Gasteiger charge is 2.25. The zero-order valence-electron chi connectivity index (χ0n) is 18.8. The normalized spacial score (nSPS) is 11.9. The van der Waals surface area contributed by atoms with Gasteiger partial charge in [-0.25, -0.2) is 18.6 Å². The highest BCUT2D eigenvalue weighted by atomic mass is 32.1. The third kappa shape index (κ3) is 4.50. The van der Waals surface area contributed by atoms with Gasteiger partial charge in [-0.3, -0.25) is 18.5 Å². The lowest BCUT2D eigenvalue weighted by atomic mass is 10.1. The molecule has 0 aliphatic carbocycles. The van der Waals surface area contributed by atoms with Crippen molar-refractivity contribution in [2.75, 3.05) is 6.61 Å². The Morgan fingerprint density at radius 1 is 1.18 bits per heavy atom. The maximum Gasteiger partial charge on any atom is 0.332 e. The average molecular weight is 492 g/mol. The number of imidazole rings is 1. The Morgan fingerprint density at radius 3 is 2.47 bits per heavy atom. The van der Waals surface area contributed by atoms with Gasteiger partial charge in [0.2, 0.25) is 0 Å². The summed E-state index contributed by atoms with van der Waals surface area (Å²) in [5.74, 6) is -2.75. The summed E-state index contributed by atoms with van der Waals surface area (Å²) in [6.07, 6.45) is 1.94. The quantitative estimate of drug-likeness (QED) is 0.406. The molecule has 0 bridgehead atoms. The SMILES string of the molecule is Cc1cnc(Cn2c(Oc3ccc(C(C)(F)F)cc3)nc3c2c(=O)n(CCCO)c(=O)n3C)s1. The number of hydrogen-bond donors (Lipinski definition) is 1. The van der Waals surface area contributed by atoms with E-state index in [0.29, 0.717) is 5.01 Å². The second-order valence-corrected chi connectivity index (χ2v) is 9.23. The zero-order chi connectivity index (χ0) is 24.6. The van der Waals surface area contributed by atoms with E-state index < -0.39 is 17.2 Å². The molecule has 0 spiro atoms. The lowest BCUT2D eigenvalue weighted by molar-refractivity contribution is 0.0174. The summed E-state index contributed by atoms with van der Waals surface area (Å²) in [6.45, 7) is 2.74. The number of ether oxygens (including phenoxy) is 1. The Hall–Kier alpha value is -3.38. The third-order valence-electron chi connectivity index (χ3n) is 5.27. The first-order chi connectivity index (χ1) is 16.1. The van der Waals surface area contributed by atoms with Crippen LogP contribution in [0.15, 0.2) is 40.1 Å². The van der Waals surface area contributed by atoms with E-state index in [1.165, 1.54) is 51.8 Å². The number of nitrogens with zero attached hydrogens (tertiary/aromatic N) is 5. The van der Waals surface area contributed by atoms with Crippen molar-refractivity contribution in [1.29, 1.82) is 0 Å². The predicted octanol–water partition coefficient (Wildman–Crippen LogP) is 3.00. The van der Waals surface area contributed by atoms with E-state index in [1.807, 2.05) is 6.92 Å². The molecule has 0 saturated heterocycles. The van der Waals surface area contributed by atoms with Crippen LogP contribution < -0.4 is 16.0 Å². The number of rotatable bonds is 8. The Kier molecular flexibility index (Phi) is 6.36. The van der Waals surface area contributed by atoms with E-state index in [2.05, 4.69) is 9.97 Å². The molecule has 3 heterocycles. The number of halogens is 2. The second kappa shape index (κ2) is 9.11. The van der Waals surface area contributed by atoms with Gasteiger partial charge in [-0.2, -0.15) is 4.98 Å². The van der Waals surface area contributed by atoms with Crippen LogP contribution in [0.1, 0.15) is 28.8 Å². The molecule has 12 heteroatoms. The van der Waals surface area contributed by atoms with E-state index in [1.54, 1.807) is 6.20 Å². The molecule has 0 saturated carbocycles. The number of aliphatic hydroxyl groups excluding tert-OH is 1. The molecule has 0 aliphatic rings. The maximum absolute atomic E-state index is 13.6. The number of benzene rings is 1. The first-order valence-electron chi connectivity index (χ1n) is 10.5. The van der Waals surface area contributed by atoms with Gasteiger partial charge in [0.1, 0.15) is 10.8 Å². The first-order valence-corrected chi connectivity index (χ1v) is 11.3.